The lowest BCUT2D eigenvalue weighted by Crippen LogP contribution is -2.15. The van der Waals surface area contributed by atoms with Crippen LogP contribution in [-0.2, 0) is 0 Å². The van der Waals surface area contributed by atoms with Crippen LogP contribution in [0.2, 0.25) is 0 Å². The molecule has 0 radical (unpaired) electrons. The number of aromatic amines is 1. The zero-order valence-electron chi connectivity index (χ0n) is 11.7. The molecule has 0 aliphatic rings. The summed E-state index contributed by atoms with van der Waals surface area (Å²) in [7, 11) is 0. The highest BCUT2D eigenvalue weighted by molar-refractivity contribution is 5.97. The minimum absolute atomic E-state index is 0.0962. The average Bonchev–Trinajstić information content (AvgIpc) is 3.03. The molecule has 0 fully saturated rings. The van der Waals surface area contributed by atoms with Crippen LogP contribution in [0.1, 0.15) is 11.4 Å². The zero-order chi connectivity index (χ0) is 16.1. The summed E-state index contributed by atoms with van der Waals surface area (Å²) in [5, 5.41) is 6.47. The molecule has 0 aliphatic heterocycles. The van der Waals surface area contributed by atoms with E-state index in [1.165, 1.54) is 37.2 Å². The van der Waals surface area contributed by atoms with Crippen molar-refractivity contribution in [1.29, 1.82) is 0 Å². The molecule has 0 atom stereocenters. The van der Waals surface area contributed by atoms with Gasteiger partial charge in [-0.15, -0.1) is 5.10 Å². The van der Waals surface area contributed by atoms with Crippen molar-refractivity contribution in [2.75, 3.05) is 0 Å². The summed E-state index contributed by atoms with van der Waals surface area (Å²) in [6.45, 7) is 0. The molecule has 11 nitrogen and oxygen atoms in total. The van der Waals surface area contributed by atoms with Crippen LogP contribution < -0.4 is 11.5 Å². The first-order chi connectivity index (χ1) is 11.2. The zero-order valence-corrected chi connectivity index (χ0v) is 11.7. The van der Waals surface area contributed by atoms with Crippen molar-refractivity contribution in [3.8, 4) is 0 Å². The normalized spacial score (nSPS) is 12.3. The van der Waals surface area contributed by atoms with Crippen LogP contribution in [0, 0.1) is 0 Å². The minimum Gasteiger partial charge on any atom is -0.382 e. The molecular formula is C12H11N11. The lowest BCUT2D eigenvalue weighted by atomic mass is 10.4. The molecule has 114 valence electrons. The van der Waals surface area contributed by atoms with Crippen molar-refractivity contribution >= 4 is 23.6 Å². The Morgan fingerprint density at radius 3 is 2.04 bits per heavy atom. The van der Waals surface area contributed by atoms with E-state index >= 15 is 0 Å². The number of hydrogen-bond donors (Lipinski definition) is 3. The summed E-state index contributed by atoms with van der Waals surface area (Å²) >= 11 is 0. The van der Waals surface area contributed by atoms with Crippen molar-refractivity contribution in [1.82, 2.24) is 35.1 Å². The molecule has 5 N–H and O–H groups in total. The molecule has 0 bridgehead atoms. The molecule has 11 heteroatoms. The maximum absolute atomic E-state index is 5.81. The van der Waals surface area contributed by atoms with Gasteiger partial charge in [-0.3, -0.25) is 9.97 Å². The molecule has 0 unspecified atom stereocenters. The van der Waals surface area contributed by atoms with Gasteiger partial charge in [0.25, 0.3) is 5.95 Å². The van der Waals surface area contributed by atoms with E-state index in [1.54, 1.807) is 0 Å². The van der Waals surface area contributed by atoms with Crippen molar-refractivity contribution in [2.45, 2.75) is 0 Å². The highest BCUT2D eigenvalue weighted by Gasteiger charge is 2.06. The van der Waals surface area contributed by atoms with Gasteiger partial charge in [-0.05, 0) is 0 Å². The Labute approximate surface area is 129 Å². The number of aliphatic imine (C=N–C) groups is 2. The molecule has 3 heterocycles. The summed E-state index contributed by atoms with van der Waals surface area (Å²) in [6, 6.07) is 0. The summed E-state index contributed by atoms with van der Waals surface area (Å²) in [6.07, 6.45) is 9.05. The number of nitrogens with one attached hydrogen (secondary N) is 1. The highest BCUT2D eigenvalue weighted by atomic mass is 15.3. The predicted molar refractivity (Wildman–Crippen MR) is 81.2 cm³/mol. The molecule has 3 rings (SSSR count). The van der Waals surface area contributed by atoms with Gasteiger partial charge in [0.15, 0.2) is 11.7 Å². The number of H-pyrrole nitrogens is 1. The molecule has 0 aromatic carbocycles. The van der Waals surface area contributed by atoms with Crippen LogP contribution >= 0.6 is 0 Å². The molecule has 3 aromatic rings. The smallest absolute Gasteiger partial charge is 0.271 e. The summed E-state index contributed by atoms with van der Waals surface area (Å²) in [4.78, 5) is 28.0. The van der Waals surface area contributed by atoms with Gasteiger partial charge in [0.05, 0.1) is 12.4 Å². The van der Waals surface area contributed by atoms with Crippen molar-refractivity contribution in [3.05, 3.63) is 48.6 Å². The van der Waals surface area contributed by atoms with Gasteiger partial charge >= 0.3 is 0 Å². The first-order valence-corrected chi connectivity index (χ1v) is 6.36. The SMILES string of the molecule is N/C(=N\c1n[nH]c(/N=C(\N)c2cnccn2)n1)c1cnccn1. The molecule has 23 heavy (non-hydrogen) atoms. The van der Waals surface area contributed by atoms with E-state index in [4.69, 9.17) is 11.5 Å². The molecule has 3 aromatic heterocycles. The molecule has 0 saturated carbocycles. The van der Waals surface area contributed by atoms with Gasteiger partial charge in [0, 0.05) is 24.8 Å². The van der Waals surface area contributed by atoms with Gasteiger partial charge in [0.2, 0.25) is 5.95 Å². The average molecular weight is 309 g/mol. The second-order valence-corrected chi connectivity index (χ2v) is 4.13. The fourth-order valence-corrected chi connectivity index (χ4v) is 1.54. The molecule has 0 spiro atoms. The monoisotopic (exact) mass is 309 g/mol. The fraction of sp³-hybridized carbons (Fsp3) is 0. The van der Waals surface area contributed by atoms with E-state index in [-0.39, 0.29) is 23.6 Å². The van der Waals surface area contributed by atoms with E-state index in [9.17, 15) is 0 Å². The second-order valence-electron chi connectivity index (χ2n) is 4.13. The van der Waals surface area contributed by atoms with E-state index in [2.05, 4.69) is 45.1 Å². The highest BCUT2D eigenvalue weighted by Crippen LogP contribution is 2.11. The number of hydrogen-bond acceptors (Lipinski definition) is 8. The van der Waals surface area contributed by atoms with Crippen molar-refractivity contribution in [3.63, 3.8) is 0 Å². The lowest BCUT2D eigenvalue weighted by Gasteiger charge is -1.96. The molecule has 0 amide bonds. The van der Waals surface area contributed by atoms with Crippen LogP contribution in [0.15, 0.2) is 47.2 Å². The largest absolute Gasteiger partial charge is 0.382 e. The summed E-state index contributed by atoms with van der Waals surface area (Å²) < 4.78 is 0. The predicted octanol–water partition coefficient (Wildman–Crippen LogP) is -0.541. The van der Waals surface area contributed by atoms with Crippen molar-refractivity contribution in [2.24, 2.45) is 21.5 Å². The van der Waals surface area contributed by atoms with Gasteiger partial charge in [-0.1, -0.05) is 0 Å². The third kappa shape index (κ3) is 3.47. The van der Waals surface area contributed by atoms with Gasteiger partial charge in [-0.2, -0.15) is 15.0 Å². The quantitative estimate of drug-likeness (QED) is 0.426. The Morgan fingerprint density at radius 1 is 0.870 bits per heavy atom. The Bertz CT molecular complexity index is 768. The van der Waals surface area contributed by atoms with Crippen LogP contribution in [0.4, 0.5) is 11.9 Å². The molecule has 0 saturated heterocycles. The Balaban J connectivity index is 1.81. The third-order valence-electron chi connectivity index (χ3n) is 2.56. The number of rotatable bonds is 4. The number of aromatic nitrogens is 7. The van der Waals surface area contributed by atoms with Gasteiger partial charge in [-0.25, -0.2) is 15.1 Å². The first-order valence-electron chi connectivity index (χ1n) is 6.36. The van der Waals surface area contributed by atoms with Gasteiger partial charge in [0.1, 0.15) is 11.4 Å². The van der Waals surface area contributed by atoms with E-state index < -0.39 is 0 Å². The summed E-state index contributed by atoms with van der Waals surface area (Å²) in [5.41, 5.74) is 12.5. The Morgan fingerprint density at radius 2 is 1.48 bits per heavy atom. The van der Waals surface area contributed by atoms with Crippen LogP contribution in [0.3, 0.4) is 0 Å². The van der Waals surface area contributed by atoms with E-state index in [0.717, 1.165) is 0 Å². The fourth-order valence-electron chi connectivity index (χ4n) is 1.54. The number of nitrogens with zero attached hydrogens (tertiary/aromatic N) is 8. The maximum Gasteiger partial charge on any atom is 0.271 e. The molecular weight excluding hydrogens is 298 g/mol. The van der Waals surface area contributed by atoms with E-state index in [0.29, 0.717) is 11.4 Å². The number of amidine groups is 2. The number of nitrogens with two attached hydrogens (primary N) is 2. The van der Waals surface area contributed by atoms with Crippen LogP contribution in [0.5, 0.6) is 0 Å². The lowest BCUT2D eigenvalue weighted by molar-refractivity contribution is 1.07. The third-order valence-corrected chi connectivity index (χ3v) is 2.56. The van der Waals surface area contributed by atoms with Crippen LogP contribution in [-0.4, -0.2) is 46.8 Å². The van der Waals surface area contributed by atoms with E-state index in [1.807, 2.05) is 0 Å². The van der Waals surface area contributed by atoms with Crippen LogP contribution in [0.25, 0.3) is 0 Å². The van der Waals surface area contributed by atoms with Gasteiger partial charge < -0.3 is 11.5 Å². The minimum atomic E-state index is 0.0962. The standard InChI is InChI=1S/C12H11N11/c13-9(7-5-15-1-3-17-7)19-11-21-12(23-22-11)20-10(14)8-6-16-2-4-18-8/h1-6H,(H5,13,14,19,20,21,22,23). The first kappa shape index (κ1) is 14.2. The topological polar surface area (TPSA) is 170 Å². The Kier molecular flexibility index (Phi) is 3.91. The second kappa shape index (κ2) is 6.34. The maximum atomic E-state index is 5.81. The Hall–Kier alpha value is -3.76. The molecule has 0 aliphatic carbocycles. The van der Waals surface area contributed by atoms with Crippen molar-refractivity contribution < 1.29 is 0 Å². The summed E-state index contributed by atoms with van der Waals surface area (Å²) in [5.74, 6) is 0.541.